The second kappa shape index (κ2) is 7.19. The summed E-state index contributed by atoms with van der Waals surface area (Å²) < 4.78 is 4.81. The molecule has 0 atom stereocenters. The first-order chi connectivity index (χ1) is 11.2. The molecule has 5 nitrogen and oxygen atoms in total. The molecule has 2 aromatic rings. The molecule has 2 heterocycles. The molecule has 7 heteroatoms. The minimum absolute atomic E-state index is 0.331. The van der Waals surface area contributed by atoms with Gasteiger partial charge in [-0.3, -0.25) is 0 Å². The predicted octanol–water partition coefficient (Wildman–Crippen LogP) is 4.12. The first-order valence-electron chi connectivity index (χ1n) is 7.31. The Morgan fingerprint density at radius 3 is 2.91 bits per heavy atom. The van der Waals surface area contributed by atoms with Crippen LogP contribution in [0.25, 0.3) is 10.9 Å². The summed E-state index contributed by atoms with van der Waals surface area (Å²) in [7, 11) is 0. The zero-order valence-electron chi connectivity index (χ0n) is 12.4. The van der Waals surface area contributed by atoms with Crippen molar-refractivity contribution in [2.24, 2.45) is 0 Å². The molecular formula is C16H16ClN3O2S. The van der Waals surface area contributed by atoms with Gasteiger partial charge < -0.3 is 9.64 Å². The summed E-state index contributed by atoms with van der Waals surface area (Å²) in [4.78, 5) is 22.0. The number of hydrogen-bond donors (Lipinski definition) is 0. The lowest BCUT2D eigenvalue weighted by Crippen LogP contribution is -2.39. The van der Waals surface area contributed by atoms with Crippen molar-refractivity contribution in [2.75, 3.05) is 13.1 Å². The fourth-order valence-corrected chi connectivity index (χ4v) is 3.89. The van der Waals surface area contributed by atoms with Crippen LogP contribution in [0, 0.1) is 0 Å². The van der Waals surface area contributed by atoms with Crippen LogP contribution in [0.2, 0.25) is 5.02 Å². The number of halogens is 1. The Kier molecular flexibility index (Phi) is 5.03. The Morgan fingerprint density at radius 2 is 2.17 bits per heavy atom. The minimum Gasteiger partial charge on any atom is -0.419 e. The molecule has 1 aliphatic heterocycles. The molecular weight excluding hydrogens is 334 g/mol. The van der Waals surface area contributed by atoms with Crippen molar-refractivity contribution >= 4 is 40.4 Å². The molecule has 1 amide bonds. The topological polar surface area (TPSA) is 55.3 Å². The number of amides is 1. The van der Waals surface area contributed by atoms with Gasteiger partial charge in [0.1, 0.15) is 11.4 Å². The number of rotatable bonds is 3. The standard InChI is InChI=1S/C16H16ClN3O2S/c1-2-22-16(21)20-7-5-12(6-8-20)23-15-13-9-11(17)3-4-14(13)18-10-19-15/h2-4,9-10,12H,1,5-8H2. The van der Waals surface area contributed by atoms with Crippen LogP contribution in [-0.2, 0) is 4.74 Å². The van der Waals surface area contributed by atoms with E-state index in [1.165, 1.54) is 6.26 Å². The number of benzene rings is 1. The average Bonchev–Trinajstić information content (AvgIpc) is 2.56. The maximum atomic E-state index is 11.7. The lowest BCUT2D eigenvalue weighted by Gasteiger charge is -2.30. The average molecular weight is 350 g/mol. The number of thioether (sulfide) groups is 1. The third-order valence-corrected chi connectivity index (χ3v) is 5.31. The smallest absolute Gasteiger partial charge is 0.414 e. The zero-order valence-corrected chi connectivity index (χ0v) is 14.0. The summed E-state index contributed by atoms with van der Waals surface area (Å²) in [6, 6.07) is 5.63. The molecule has 1 aromatic carbocycles. The maximum absolute atomic E-state index is 11.7. The van der Waals surface area contributed by atoms with Gasteiger partial charge in [-0.05, 0) is 31.0 Å². The van der Waals surface area contributed by atoms with Crippen LogP contribution < -0.4 is 0 Å². The van der Waals surface area contributed by atoms with E-state index in [1.807, 2.05) is 18.2 Å². The maximum Gasteiger partial charge on any atom is 0.414 e. The summed E-state index contributed by atoms with van der Waals surface area (Å²) >= 11 is 7.81. The third kappa shape index (κ3) is 3.76. The van der Waals surface area contributed by atoms with Gasteiger partial charge >= 0.3 is 6.09 Å². The number of aromatic nitrogens is 2. The molecule has 1 saturated heterocycles. The Balaban J connectivity index is 1.68. The Morgan fingerprint density at radius 1 is 1.39 bits per heavy atom. The largest absolute Gasteiger partial charge is 0.419 e. The van der Waals surface area contributed by atoms with Gasteiger partial charge in [-0.15, -0.1) is 11.8 Å². The Labute approximate surface area is 143 Å². The summed E-state index contributed by atoms with van der Waals surface area (Å²) in [5.74, 6) is 0. The highest BCUT2D eigenvalue weighted by atomic mass is 35.5. The molecule has 0 spiro atoms. The summed E-state index contributed by atoms with van der Waals surface area (Å²) in [5, 5.41) is 2.99. The van der Waals surface area contributed by atoms with Crippen molar-refractivity contribution in [3.63, 3.8) is 0 Å². The predicted molar refractivity (Wildman–Crippen MR) is 91.7 cm³/mol. The van der Waals surface area contributed by atoms with Gasteiger partial charge in [0.15, 0.2) is 0 Å². The van der Waals surface area contributed by atoms with E-state index in [2.05, 4.69) is 16.5 Å². The molecule has 1 aromatic heterocycles. The van der Waals surface area contributed by atoms with E-state index in [0.717, 1.165) is 28.8 Å². The fraction of sp³-hybridized carbons (Fsp3) is 0.312. The molecule has 0 unspecified atom stereocenters. The van der Waals surface area contributed by atoms with E-state index in [0.29, 0.717) is 23.4 Å². The van der Waals surface area contributed by atoms with Crippen LogP contribution in [0.4, 0.5) is 4.79 Å². The minimum atomic E-state index is -0.331. The first kappa shape index (κ1) is 16.1. The number of piperidine rings is 1. The molecule has 0 aliphatic carbocycles. The fourth-order valence-electron chi connectivity index (χ4n) is 2.56. The van der Waals surface area contributed by atoms with Crippen molar-refractivity contribution in [2.45, 2.75) is 23.1 Å². The summed E-state index contributed by atoms with van der Waals surface area (Å²) in [6.45, 7) is 4.75. The highest BCUT2D eigenvalue weighted by molar-refractivity contribution is 8.00. The van der Waals surface area contributed by atoms with Gasteiger partial charge in [-0.1, -0.05) is 18.2 Å². The molecule has 0 saturated carbocycles. The van der Waals surface area contributed by atoms with Gasteiger partial charge in [0.2, 0.25) is 0 Å². The van der Waals surface area contributed by atoms with Crippen LogP contribution in [0.1, 0.15) is 12.8 Å². The van der Waals surface area contributed by atoms with Crippen LogP contribution in [0.5, 0.6) is 0 Å². The highest BCUT2D eigenvalue weighted by Gasteiger charge is 2.25. The van der Waals surface area contributed by atoms with Gasteiger partial charge in [-0.2, -0.15) is 0 Å². The number of carbonyl (C=O) groups excluding carboxylic acids is 1. The lowest BCUT2D eigenvalue weighted by atomic mass is 10.1. The van der Waals surface area contributed by atoms with Crippen LogP contribution in [0.15, 0.2) is 42.4 Å². The second-order valence-corrected chi connectivity index (χ2v) is 6.92. The molecule has 0 bridgehead atoms. The normalized spacial score (nSPS) is 15.6. The SMILES string of the molecule is C=COC(=O)N1CCC(Sc2ncnc3ccc(Cl)cc23)CC1. The van der Waals surface area contributed by atoms with E-state index < -0.39 is 0 Å². The molecule has 1 fully saturated rings. The van der Waals surface area contributed by atoms with Crippen molar-refractivity contribution in [3.8, 4) is 0 Å². The monoisotopic (exact) mass is 349 g/mol. The van der Waals surface area contributed by atoms with Crippen LogP contribution in [-0.4, -0.2) is 39.3 Å². The highest BCUT2D eigenvalue weighted by Crippen LogP contribution is 2.33. The Bertz CT molecular complexity index is 732. The zero-order chi connectivity index (χ0) is 16.2. The number of likely N-dealkylation sites (tertiary alicyclic amines) is 1. The van der Waals surface area contributed by atoms with Crippen molar-refractivity contribution < 1.29 is 9.53 Å². The van der Waals surface area contributed by atoms with E-state index >= 15 is 0 Å². The number of ether oxygens (including phenoxy) is 1. The van der Waals surface area contributed by atoms with Crippen LogP contribution >= 0.6 is 23.4 Å². The molecule has 0 N–H and O–H groups in total. The van der Waals surface area contributed by atoms with E-state index in [-0.39, 0.29) is 6.09 Å². The van der Waals surface area contributed by atoms with Gasteiger partial charge in [0.25, 0.3) is 0 Å². The van der Waals surface area contributed by atoms with Gasteiger partial charge in [-0.25, -0.2) is 14.8 Å². The number of nitrogens with zero attached hydrogens (tertiary/aromatic N) is 3. The quantitative estimate of drug-likeness (QED) is 0.616. The number of fused-ring (bicyclic) bond motifs is 1. The van der Waals surface area contributed by atoms with Crippen molar-refractivity contribution in [3.05, 3.63) is 42.4 Å². The second-order valence-electron chi connectivity index (χ2n) is 5.19. The van der Waals surface area contributed by atoms with E-state index in [1.54, 1.807) is 23.0 Å². The molecule has 1 aliphatic rings. The first-order valence-corrected chi connectivity index (χ1v) is 8.56. The van der Waals surface area contributed by atoms with Crippen LogP contribution in [0.3, 0.4) is 0 Å². The van der Waals surface area contributed by atoms with Crippen molar-refractivity contribution in [1.29, 1.82) is 0 Å². The Hall–Kier alpha value is -1.79. The summed E-state index contributed by atoms with van der Waals surface area (Å²) in [5.41, 5.74) is 0.888. The number of hydrogen-bond acceptors (Lipinski definition) is 5. The van der Waals surface area contributed by atoms with Gasteiger partial charge in [0.05, 0.1) is 11.8 Å². The van der Waals surface area contributed by atoms with Crippen molar-refractivity contribution in [1.82, 2.24) is 14.9 Å². The molecule has 23 heavy (non-hydrogen) atoms. The number of carbonyl (C=O) groups is 1. The van der Waals surface area contributed by atoms with E-state index in [4.69, 9.17) is 16.3 Å². The summed E-state index contributed by atoms with van der Waals surface area (Å²) in [6.07, 6.45) is 4.20. The van der Waals surface area contributed by atoms with E-state index in [9.17, 15) is 4.79 Å². The molecule has 0 radical (unpaired) electrons. The lowest BCUT2D eigenvalue weighted by molar-refractivity contribution is 0.129. The third-order valence-electron chi connectivity index (χ3n) is 3.72. The van der Waals surface area contributed by atoms with Gasteiger partial charge in [0, 0.05) is 28.7 Å². The molecule has 120 valence electrons. The molecule has 3 rings (SSSR count).